The van der Waals surface area contributed by atoms with Crippen LogP contribution in [0.15, 0.2) is 76.6 Å². The summed E-state index contributed by atoms with van der Waals surface area (Å²) in [4.78, 5) is 35.0. The number of rotatable bonds is 3. The molecule has 4 aromatic rings. The Morgan fingerprint density at radius 1 is 0.964 bits per heavy atom. The van der Waals surface area contributed by atoms with Gasteiger partial charge in [-0.3, -0.25) is 14.3 Å². The van der Waals surface area contributed by atoms with Crippen molar-refractivity contribution in [1.82, 2.24) is 19.1 Å². The lowest BCUT2D eigenvalue weighted by Crippen LogP contribution is -2.41. The van der Waals surface area contributed by atoms with Crippen LogP contribution in [0.2, 0.25) is 0 Å². The summed E-state index contributed by atoms with van der Waals surface area (Å²) in [5.41, 5.74) is 0.942. The number of fused-ring (bicyclic) bond motifs is 1. The first kappa shape index (κ1) is 17.4. The van der Waals surface area contributed by atoms with Gasteiger partial charge < -0.3 is 0 Å². The fourth-order valence-corrected chi connectivity index (χ4v) is 3.17. The van der Waals surface area contributed by atoms with E-state index in [4.69, 9.17) is 5.26 Å². The minimum atomic E-state index is -0.560. The van der Waals surface area contributed by atoms with Crippen LogP contribution in [0.4, 0.5) is 0 Å². The highest BCUT2D eigenvalue weighted by Gasteiger charge is 2.20. The second-order valence-electron chi connectivity index (χ2n) is 6.26. The average molecular weight is 369 g/mol. The highest BCUT2D eigenvalue weighted by Crippen LogP contribution is 2.16. The molecule has 0 N–H and O–H groups in total. The van der Waals surface area contributed by atoms with Gasteiger partial charge in [-0.1, -0.05) is 6.07 Å². The Balaban J connectivity index is 2.06. The van der Waals surface area contributed by atoms with Crippen LogP contribution in [-0.4, -0.2) is 19.1 Å². The van der Waals surface area contributed by atoms with Crippen molar-refractivity contribution >= 4 is 11.0 Å². The Kier molecular flexibility index (Phi) is 4.30. The largest absolute Gasteiger partial charge is 0.337 e. The molecule has 7 heteroatoms. The van der Waals surface area contributed by atoms with Gasteiger partial charge in [0, 0.05) is 12.4 Å². The molecule has 1 atom stereocenters. The Morgan fingerprint density at radius 3 is 2.39 bits per heavy atom. The zero-order valence-electron chi connectivity index (χ0n) is 15.0. The van der Waals surface area contributed by atoms with Crippen molar-refractivity contribution in [2.45, 2.75) is 13.0 Å². The van der Waals surface area contributed by atoms with Crippen LogP contribution in [0.5, 0.6) is 0 Å². The molecule has 0 spiro atoms. The van der Waals surface area contributed by atoms with Gasteiger partial charge in [0.05, 0.1) is 34.4 Å². The number of aromatic nitrogens is 4. The van der Waals surface area contributed by atoms with Crippen molar-refractivity contribution in [3.05, 3.63) is 99.1 Å². The maximum atomic E-state index is 13.4. The molecule has 0 aliphatic rings. The lowest BCUT2D eigenvalue weighted by Gasteiger charge is -2.18. The van der Waals surface area contributed by atoms with Gasteiger partial charge in [0.1, 0.15) is 0 Å². The van der Waals surface area contributed by atoms with E-state index in [1.165, 1.54) is 15.3 Å². The average Bonchev–Trinajstić information content (AvgIpc) is 2.75. The van der Waals surface area contributed by atoms with Crippen molar-refractivity contribution in [2.24, 2.45) is 0 Å². The predicted molar refractivity (Wildman–Crippen MR) is 104 cm³/mol. The quantitative estimate of drug-likeness (QED) is 0.553. The molecule has 136 valence electrons. The fraction of sp³-hybridized carbons (Fsp3) is 0.0952. The zero-order valence-corrected chi connectivity index (χ0v) is 15.0. The SMILES string of the molecule is CC(c1ccccn1)n1c(=O)c2cccnc2n(-c2ccc(C#N)cc2)c1=O. The molecule has 3 heterocycles. The first-order chi connectivity index (χ1) is 13.6. The first-order valence-electron chi connectivity index (χ1n) is 8.65. The minimum Gasteiger partial charge on any atom is -0.268 e. The molecule has 28 heavy (non-hydrogen) atoms. The van der Waals surface area contributed by atoms with Crippen molar-refractivity contribution in [3.8, 4) is 11.8 Å². The van der Waals surface area contributed by atoms with Crippen LogP contribution in [0.3, 0.4) is 0 Å². The van der Waals surface area contributed by atoms with E-state index in [0.29, 0.717) is 22.3 Å². The number of pyridine rings is 2. The maximum absolute atomic E-state index is 13.4. The van der Waals surface area contributed by atoms with Crippen molar-refractivity contribution in [3.63, 3.8) is 0 Å². The van der Waals surface area contributed by atoms with Crippen molar-refractivity contribution in [2.75, 3.05) is 0 Å². The van der Waals surface area contributed by atoms with E-state index >= 15 is 0 Å². The highest BCUT2D eigenvalue weighted by molar-refractivity contribution is 5.75. The van der Waals surface area contributed by atoms with Crippen LogP contribution < -0.4 is 11.2 Å². The van der Waals surface area contributed by atoms with E-state index in [0.717, 1.165) is 0 Å². The Bertz CT molecular complexity index is 1320. The second kappa shape index (κ2) is 6.93. The lowest BCUT2D eigenvalue weighted by molar-refractivity contribution is 0.558. The normalized spacial score (nSPS) is 11.9. The Hall–Kier alpha value is -4.05. The molecular formula is C21H15N5O2. The topological polar surface area (TPSA) is 93.6 Å². The van der Waals surface area contributed by atoms with Crippen LogP contribution >= 0.6 is 0 Å². The highest BCUT2D eigenvalue weighted by atomic mass is 16.2. The van der Waals surface area contributed by atoms with E-state index < -0.39 is 17.3 Å². The number of hydrogen-bond acceptors (Lipinski definition) is 5. The van der Waals surface area contributed by atoms with E-state index in [9.17, 15) is 9.59 Å². The van der Waals surface area contributed by atoms with Crippen LogP contribution in [0, 0.1) is 11.3 Å². The summed E-state index contributed by atoms with van der Waals surface area (Å²) >= 11 is 0. The van der Waals surface area contributed by atoms with Crippen LogP contribution in [0.1, 0.15) is 24.2 Å². The summed E-state index contributed by atoms with van der Waals surface area (Å²) in [6.07, 6.45) is 3.16. The van der Waals surface area contributed by atoms with Gasteiger partial charge in [0.25, 0.3) is 5.56 Å². The van der Waals surface area contributed by atoms with Gasteiger partial charge in [-0.2, -0.15) is 5.26 Å². The number of benzene rings is 1. The number of nitrogens with zero attached hydrogens (tertiary/aromatic N) is 5. The molecule has 0 saturated carbocycles. The summed E-state index contributed by atoms with van der Waals surface area (Å²) in [5.74, 6) is 0. The zero-order chi connectivity index (χ0) is 19.7. The molecular weight excluding hydrogens is 354 g/mol. The van der Waals surface area contributed by atoms with Crippen molar-refractivity contribution in [1.29, 1.82) is 5.26 Å². The molecule has 1 unspecified atom stereocenters. The third-order valence-corrected chi connectivity index (χ3v) is 4.60. The van der Waals surface area contributed by atoms with Crippen molar-refractivity contribution < 1.29 is 0 Å². The molecule has 1 aromatic carbocycles. The summed E-state index contributed by atoms with van der Waals surface area (Å²) in [6.45, 7) is 1.76. The summed E-state index contributed by atoms with van der Waals surface area (Å²) in [7, 11) is 0. The molecule has 4 rings (SSSR count). The summed E-state index contributed by atoms with van der Waals surface area (Å²) < 4.78 is 2.57. The summed E-state index contributed by atoms with van der Waals surface area (Å²) in [6, 6.07) is 16.7. The third kappa shape index (κ3) is 2.77. The maximum Gasteiger partial charge on any atom is 0.337 e. The number of nitriles is 1. The number of hydrogen-bond donors (Lipinski definition) is 0. The molecule has 0 aliphatic carbocycles. The minimum absolute atomic E-state index is 0.270. The molecule has 0 fully saturated rings. The second-order valence-corrected chi connectivity index (χ2v) is 6.26. The lowest BCUT2D eigenvalue weighted by atomic mass is 10.2. The molecule has 7 nitrogen and oxygen atoms in total. The predicted octanol–water partition coefficient (Wildman–Crippen LogP) is 2.42. The third-order valence-electron chi connectivity index (χ3n) is 4.60. The monoisotopic (exact) mass is 369 g/mol. The molecule has 0 aliphatic heterocycles. The van der Waals surface area contributed by atoms with E-state index in [-0.39, 0.29) is 5.65 Å². The van der Waals surface area contributed by atoms with Gasteiger partial charge in [-0.15, -0.1) is 0 Å². The standard InChI is InChI=1S/C21H15N5O2/c1-14(18-6-2-3-11-23-18)25-20(27)17-5-4-12-24-19(17)26(21(25)28)16-9-7-15(13-22)8-10-16/h2-12,14H,1H3. The molecule has 3 aromatic heterocycles. The van der Waals surface area contributed by atoms with E-state index in [2.05, 4.69) is 16.0 Å². The van der Waals surface area contributed by atoms with Crippen LogP contribution in [-0.2, 0) is 0 Å². The van der Waals surface area contributed by atoms with Gasteiger partial charge >= 0.3 is 5.69 Å². The van der Waals surface area contributed by atoms with Crippen LogP contribution in [0.25, 0.3) is 16.7 Å². The Morgan fingerprint density at radius 2 is 1.71 bits per heavy atom. The fourth-order valence-electron chi connectivity index (χ4n) is 3.17. The molecule has 0 radical (unpaired) electrons. The Labute approximate surface area is 159 Å². The van der Waals surface area contributed by atoms with Gasteiger partial charge in [0.2, 0.25) is 0 Å². The molecule has 0 saturated heterocycles. The van der Waals surface area contributed by atoms with E-state index in [1.807, 2.05) is 6.07 Å². The van der Waals surface area contributed by atoms with Gasteiger partial charge in [-0.25, -0.2) is 14.3 Å². The first-order valence-corrected chi connectivity index (χ1v) is 8.65. The van der Waals surface area contributed by atoms with E-state index in [1.54, 1.807) is 61.7 Å². The molecule has 0 amide bonds. The molecule has 0 bridgehead atoms. The van der Waals surface area contributed by atoms with Gasteiger partial charge in [-0.05, 0) is 55.5 Å². The van der Waals surface area contributed by atoms with Gasteiger partial charge in [0.15, 0.2) is 5.65 Å². The smallest absolute Gasteiger partial charge is 0.268 e. The summed E-state index contributed by atoms with van der Waals surface area (Å²) in [5, 5.41) is 9.35.